The van der Waals surface area contributed by atoms with Crippen LogP contribution in [0.1, 0.15) is 6.92 Å². The highest BCUT2D eigenvalue weighted by atomic mass is 31.0. The Morgan fingerprint density at radius 1 is 1.57 bits per heavy atom. The molecule has 2 radical (unpaired) electrons. The molecule has 0 bridgehead atoms. The topological polar surface area (TPSA) is 55.8 Å². The summed E-state index contributed by atoms with van der Waals surface area (Å²) in [7, 11) is 6.94. The summed E-state index contributed by atoms with van der Waals surface area (Å²) in [6.07, 6.45) is 2.74. The lowest BCUT2D eigenvalue weighted by Crippen LogP contribution is -2.00. The number of hydrogen-bond donors (Lipinski definition) is 1. The van der Waals surface area contributed by atoms with E-state index in [-0.39, 0.29) is 11.3 Å². The fraction of sp³-hybridized carbons (Fsp3) is 0.125. The first kappa shape index (κ1) is 12.8. The smallest absolute Gasteiger partial charge is 0.374 e. The largest absolute Gasteiger partial charge is 0.565 e. The molecule has 0 aliphatic rings. The Bertz CT molecular complexity index is 296. The monoisotopic (exact) mass is 212 g/mol. The highest BCUT2D eigenvalue weighted by Gasteiger charge is 2.07. The van der Waals surface area contributed by atoms with Gasteiger partial charge in [0.1, 0.15) is 5.76 Å². The number of carbonyl (C=O) groups is 1. The minimum absolute atomic E-state index is 0.0925. The molecule has 0 rings (SSSR count). The zero-order chi connectivity index (χ0) is 11.1. The first-order valence-corrected chi connectivity index (χ1v) is 4.08. The molecule has 74 valence electrons. The molecule has 0 saturated heterocycles. The molecule has 0 aliphatic heterocycles. The van der Waals surface area contributed by atoms with Crippen molar-refractivity contribution in [2.45, 2.75) is 6.92 Å². The molecule has 1 unspecified atom stereocenters. The molecule has 6 heteroatoms. The molecule has 0 aromatic heterocycles. The number of aliphatic carboxylic acids is 1. The van der Waals surface area contributed by atoms with Gasteiger partial charge in [-0.25, -0.2) is 4.79 Å². The molecule has 0 saturated carbocycles. The van der Waals surface area contributed by atoms with E-state index in [0.717, 1.165) is 0 Å². The van der Waals surface area contributed by atoms with Crippen LogP contribution in [0.5, 0.6) is 0 Å². The van der Waals surface area contributed by atoms with Crippen molar-refractivity contribution in [1.82, 2.24) is 0 Å². The van der Waals surface area contributed by atoms with E-state index in [1.807, 2.05) is 9.47 Å². The van der Waals surface area contributed by atoms with Crippen LogP contribution in [0.25, 0.3) is 0 Å². The normalized spacial score (nSPS) is 12.1. The van der Waals surface area contributed by atoms with Crippen LogP contribution < -0.4 is 0 Å². The van der Waals surface area contributed by atoms with Gasteiger partial charge in [0.2, 0.25) is 0 Å². The summed E-state index contributed by atoms with van der Waals surface area (Å²) in [5, 5.41) is 8.55. The molecule has 0 aliphatic carbocycles. The highest BCUT2D eigenvalue weighted by Crippen LogP contribution is 2.16. The molecular weight excluding hydrogens is 202 g/mol. The second kappa shape index (κ2) is 6.27. The zero-order valence-electron chi connectivity index (χ0n) is 7.69. The molecular formula is C8H10BO4P. The second-order valence-corrected chi connectivity index (χ2v) is 2.46. The first-order chi connectivity index (χ1) is 6.56. The molecule has 14 heavy (non-hydrogen) atoms. The Morgan fingerprint density at radius 3 is 2.43 bits per heavy atom. The third-order valence-corrected chi connectivity index (χ3v) is 1.59. The van der Waals surface area contributed by atoms with E-state index in [9.17, 15) is 4.79 Å². The molecule has 0 heterocycles. The minimum atomic E-state index is -1.15. The number of hydrogen-bond acceptors (Lipinski definition) is 3. The van der Waals surface area contributed by atoms with Crippen LogP contribution >= 0.6 is 9.47 Å². The van der Waals surface area contributed by atoms with Gasteiger partial charge in [-0.1, -0.05) is 6.58 Å². The fourth-order valence-corrected chi connectivity index (χ4v) is 0.904. The predicted octanol–water partition coefficient (Wildman–Crippen LogP) is 1.32. The third kappa shape index (κ3) is 3.67. The van der Waals surface area contributed by atoms with Crippen molar-refractivity contribution in [2.75, 3.05) is 0 Å². The van der Waals surface area contributed by atoms with Crippen LogP contribution in [0.3, 0.4) is 0 Å². The number of carboxylic acids is 1. The Hall–Kier alpha value is -1.22. The summed E-state index contributed by atoms with van der Waals surface area (Å²) in [5.41, 5.74) is -0.146. The van der Waals surface area contributed by atoms with Gasteiger partial charge in [-0.2, -0.15) is 0 Å². The summed E-state index contributed by atoms with van der Waals surface area (Å²) in [6, 6.07) is 0. The summed E-state index contributed by atoms with van der Waals surface area (Å²) in [4.78, 5) is 10.4. The Labute approximate surface area is 86.0 Å². The van der Waals surface area contributed by atoms with Crippen molar-refractivity contribution in [3.05, 3.63) is 35.8 Å². The molecule has 1 atom stereocenters. The van der Waals surface area contributed by atoms with E-state index in [0.29, 0.717) is 5.76 Å². The summed E-state index contributed by atoms with van der Waals surface area (Å²) in [5.74, 6) is -0.756. The standard InChI is InChI=1S/C8H10BO4P/c1-3-6(13-14)7(12-9)4-5(2)8(10)11/h3-4H,2,14H2,1H3,(H,10,11)/b6-3+,7-4+. The number of allylic oxidation sites excluding steroid dienone is 1. The maximum Gasteiger partial charge on any atom is 0.374 e. The number of rotatable bonds is 5. The van der Waals surface area contributed by atoms with Crippen LogP contribution in [0.2, 0.25) is 0 Å². The average Bonchev–Trinajstić information content (AvgIpc) is 2.17. The lowest BCUT2D eigenvalue weighted by molar-refractivity contribution is -0.132. The molecule has 0 fully saturated rings. The number of carboxylic acid groups (broad SMARTS) is 1. The van der Waals surface area contributed by atoms with Crippen LogP contribution in [-0.4, -0.2) is 19.1 Å². The van der Waals surface area contributed by atoms with E-state index in [1.165, 1.54) is 6.08 Å². The third-order valence-electron chi connectivity index (χ3n) is 1.34. The molecule has 1 N–H and O–H groups in total. The van der Waals surface area contributed by atoms with Gasteiger partial charge in [0, 0.05) is 0 Å². The first-order valence-electron chi connectivity index (χ1n) is 3.60. The Morgan fingerprint density at radius 2 is 2.14 bits per heavy atom. The summed E-state index contributed by atoms with van der Waals surface area (Å²) >= 11 is 0. The van der Waals surface area contributed by atoms with Gasteiger partial charge in [-0.05, 0) is 19.1 Å². The van der Waals surface area contributed by atoms with Gasteiger partial charge < -0.3 is 14.3 Å². The SMILES string of the molecule is [B]OC(=C/C(=C)C(=O)O)/C(=C\C)OP. The lowest BCUT2D eigenvalue weighted by Gasteiger charge is -2.09. The van der Waals surface area contributed by atoms with Crippen LogP contribution in [0.15, 0.2) is 35.8 Å². The lowest BCUT2D eigenvalue weighted by atomic mass is 10.2. The van der Waals surface area contributed by atoms with E-state index in [4.69, 9.17) is 17.7 Å². The molecule has 0 spiro atoms. The highest BCUT2D eigenvalue weighted by molar-refractivity contribution is 7.10. The van der Waals surface area contributed by atoms with E-state index in [2.05, 4.69) is 11.2 Å². The van der Waals surface area contributed by atoms with Gasteiger partial charge in [0.05, 0.1) is 15.0 Å². The van der Waals surface area contributed by atoms with Crippen molar-refractivity contribution in [2.24, 2.45) is 0 Å². The van der Waals surface area contributed by atoms with Crippen LogP contribution in [-0.2, 0) is 14.0 Å². The Kier molecular flexibility index (Phi) is 5.73. The van der Waals surface area contributed by atoms with E-state index >= 15 is 0 Å². The fourth-order valence-electron chi connectivity index (χ4n) is 0.652. The van der Waals surface area contributed by atoms with E-state index in [1.54, 1.807) is 13.0 Å². The van der Waals surface area contributed by atoms with Gasteiger partial charge in [-0.15, -0.1) is 0 Å². The average molecular weight is 212 g/mol. The van der Waals surface area contributed by atoms with Crippen molar-refractivity contribution in [1.29, 1.82) is 0 Å². The molecule has 4 nitrogen and oxygen atoms in total. The van der Waals surface area contributed by atoms with Crippen molar-refractivity contribution < 1.29 is 19.1 Å². The maximum atomic E-state index is 10.4. The van der Waals surface area contributed by atoms with Crippen LogP contribution in [0, 0.1) is 0 Å². The van der Waals surface area contributed by atoms with Gasteiger partial charge in [0.15, 0.2) is 5.76 Å². The summed E-state index contributed by atoms with van der Waals surface area (Å²) in [6.45, 7) is 4.98. The van der Waals surface area contributed by atoms with Crippen LogP contribution in [0.4, 0.5) is 0 Å². The van der Waals surface area contributed by atoms with E-state index < -0.39 is 5.97 Å². The van der Waals surface area contributed by atoms with Gasteiger partial charge in [0.25, 0.3) is 0 Å². The second-order valence-electron chi connectivity index (χ2n) is 2.23. The predicted molar refractivity (Wildman–Crippen MR) is 56.2 cm³/mol. The van der Waals surface area contributed by atoms with Gasteiger partial charge >= 0.3 is 14.0 Å². The quantitative estimate of drug-likeness (QED) is 0.245. The summed E-state index contributed by atoms with van der Waals surface area (Å²) < 4.78 is 9.25. The van der Waals surface area contributed by atoms with Crippen molar-refractivity contribution in [3.63, 3.8) is 0 Å². The maximum absolute atomic E-state index is 10.4. The Balaban J connectivity index is 4.88. The molecule has 0 amide bonds. The molecule has 0 aromatic rings. The van der Waals surface area contributed by atoms with Crippen molar-refractivity contribution in [3.8, 4) is 0 Å². The zero-order valence-corrected chi connectivity index (χ0v) is 8.84. The molecule has 0 aromatic carbocycles. The van der Waals surface area contributed by atoms with Gasteiger partial charge in [-0.3, -0.25) is 0 Å². The van der Waals surface area contributed by atoms with Crippen molar-refractivity contribution >= 4 is 23.5 Å². The minimum Gasteiger partial charge on any atom is -0.565 e.